The van der Waals surface area contributed by atoms with Gasteiger partial charge in [0.15, 0.2) is 5.72 Å². The molecule has 0 N–H and O–H groups in total. The van der Waals surface area contributed by atoms with E-state index in [0.29, 0.717) is 31.6 Å². The number of nitrogens with zero attached hydrogens (tertiary/aromatic N) is 4. The Morgan fingerprint density at radius 3 is 2.83 bits per heavy atom. The zero-order chi connectivity index (χ0) is 20.5. The molecule has 0 unspecified atom stereocenters. The Bertz CT molecular complexity index is 1170. The number of pyridine rings is 1. The molecule has 7 nitrogen and oxygen atoms in total. The molecule has 3 aliphatic rings. The number of aromatic nitrogens is 2. The van der Waals surface area contributed by atoms with Crippen molar-refractivity contribution in [2.75, 3.05) is 13.1 Å². The summed E-state index contributed by atoms with van der Waals surface area (Å²) in [6, 6.07) is 13.6. The molecule has 0 radical (unpaired) electrons. The van der Waals surface area contributed by atoms with Crippen molar-refractivity contribution in [3.05, 3.63) is 71.7 Å². The number of benzene rings is 1. The van der Waals surface area contributed by atoms with Gasteiger partial charge in [0.05, 0.1) is 19.0 Å². The number of rotatable bonds is 2. The van der Waals surface area contributed by atoms with Crippen LogP contribution in [0.4, 0.5) is 0 Å². The average molecular weight is 402 g/mol. The third kappa shape index (κ3) is 2.32. The first-order valence-corrected chi connectivity index (χ1v) is 10.4. The fourth-order valence-electron chi connectivity index (χ4n) is 5.31. The molecule has 1 spiro atoms. The lowest BCUT2D eigenvalue weighted by molar-refractivity contribution is -0.138. The molecule has 2 amide bonds. The van der Waals surface area contributed by atoms with Crippen molar-refractivity contribution < 1.29 is 14.3 Å². The van der Waals surface area contributed by atoms with Crippen molar-refractivity contribution in [3.63, 3.8) is 0 Å². The van der Waals surface area contributed by atoms with E-state index in [4.69, 9.17) is 4.74 Å². The summed E-state index contributed by atoms with van der Waals surface area (Å²) in [6.07, 6.45) is 4.44. The molecule has 2 aromatic heterocycles. The SMILES string of the molecule is Cc1cccn2cc(C(=O)N3CC[C@@]45O[C@@H](c6ccccc6)CN4C(=O)C[C@@H]35)nc12. The van der Waals surface area contributed by atoms with E-state index < -0.39 is 5.72 Å². The van der Waals surface area contributed by atoms with E-state index in [1.54, 1.807) is 11.1 Å². The largest absolute Gasteiger partial charge is 0.343 e. The van der Waals surface area contributed by atoms with Crippen molar-refractivity contribution in [2.45, 2.75) is 37.6 Å². The Morgan fingerprint density at radius 2 is 2.03 bits per heavy atom. The Morgan fingerprint density at radius 1 is 1.20 bits per heavy atom. The molecule has 5 heterocycles. The third-order valence-electron chi connectivity index (χ3n) is 6.76. The minimum Gasteiger partial charge on any atom is -0.343 e. The van der Waals surface area contributed by atoms with E-state index >= 15 is 0 Å². The normalized spacial score (nSPS) is 27.7. The predicted molar refractivity (Wildman–Crippen MR) is 109 cm³/mol. The summed E-state index contributed by atoms with van der Waals surface area (Å²) < 4.78 is 8.41. The van der Waals surface area contributed by atoms with Crippen molar-refractivity contribution >= 4 is 17.5 Å². The summed E-state index contributed by atoms with van der Waals surface area (Å²) in [5.41, 5.74) is 2.54. The van der Waals surface area contributed by atoms with Gasteiger partial charge in [0.1, 0.15) is 17.4 Å². The second kappa shape index (κ2) is 6.15. The topological polar surface area (TPSA) is 67.2 Å². The Labute approximate surface area is 173 Å². The minimum atomic E-state index is -0.720. The first kappa shape index (κ1) is 17.7. The van der Waals surface area contributed by atoms with Gasteiger partial charge in [-0.1, -0.05) is 36.4 Å². The van der Waals surface area contributed by atoms with Crippen LogP contribution in [0.25, 0.3) is 5.65 Å². The summed E-state index contributed by atoms with van der Waals surface area (Å²) in [6.45, 7) is 3.07. The van der Waals surface area contributed by atoms with Crippen LogP contribution in [0.3, 0.4) is 0 Å². The van der Waals surface area contributed by atoms with Crippen LogP contribution in [0.1, 0.15) is 40.6 Å². The molecular formula is C23H22N4O3. The van der Waals surface area contributed by atoms with E-state index in [-0.39, 0.29) is 24.0 Å². The average Bonchev–Trinajstić information content (AvgIpc) is 3.49. The smallest absolute Gasteiger partial charge is 0.274 e. The number of carbonyl (C=O) groups excluding carboxylic acids is 2. The van der Waals surface area contributed by atoms with Gasteiger partial charge in [-0.3, -0.25) is 9.59 Å². The van der Waals surface area contributed by atoms with Crippen molar-refractivity contribution in [2.24, 2.45) is 0 Å². The van der Waals surface area contributed by atoms with Crippen LogP contribution in [0, 0.1) is 6.92 Å². The molecule has 152 valence electrons. The van der Waals surface area contributed by atoms with E-state index in [0.717, 1.165) is 16.8 Å². The highest BCUT2D eigenvalue weighted by molar-refractivity contribution is 5.95. The minimum absolute atomic E-state index is 0.0572. The number of fused-ring (bicyclic) bond motifs is 1. The molecule has 3 aromatic rings. The molecule has 7 heteroatoms. The van der Waals surface area contributed by atoms with Crippen molar-refractivity contribution in [1.29, 1.82) is 0 Å². The van der Waals surface area contributed by atoms with Crippen LogP contribution in [-0.4, -0.2) is 55.9 Å². The van der Waals surface area contributed by atoms with Crippen molar-refractivity contribution in [3.8, 4) is 0 Å². The molecule has 3 aliphatic heterocycles. The van der Waals surface area contributed by atoms with Gasteiger partial charge >= 0.3 is 0 Å². The van der Waals surface area contributed by atoms with Gasteiger partial charge in [0.2, 0.25) is 5.91 Å². The fraction of sp³-hybridized carbons (Fsp3) is 0.348. The third-order valence-corrected chi connectivity index (χ3v) is 6.76. The second-order valence-electron chi connectivity index (χ2n) is 8.38. The number of aryl methyl sites for hydroxylation is 1. The van der Waals surface area contributed by atoms with Gasteiger partial charge < -0.3 is 18.9 Å². The van der Waals surface area contributed by atoms with E-state index in [9.17, 15) is 9.59 Å². The van der Waals surface area contributed by atoms with Crippen LogP contribution in [0.15, 0.2) is 54.9 Å². The van der Waals surface area contributed by atoms with Crippen LogP contribution in [0.5, 0.6) is 0 Å². The quantitative estimate of drug-likeness (QED) is 0.661. The Balaban J connectivity index is 1.32. The molecule has 0 aliphatic carbocycles. The standard InChI is InChI=1S/C23H22N4O3/c1-15-6-5-10-25-13-17(24-21(15)25)22(29)26-11-9-23-19(26)12-20(28)27(23)14-18(30-23)16-7-3-2-4-8-16/h2-8,10,13,18-19H,9,11-12,14H2,1H3/t18-,19-,23+/m1/s1. The molecule has 1 aromatic carbocycles. The number of hydrogen-bond acceptors (Lipinski definition) is 4. The van der Waals surface area contributed by atoms with Crippen LogP contribution in [-0.2, 0) is 9.53 Å². The van der Waals surface area contributed by atoms with Crippen LogP contribution >= 0.6 is 0 Å². The fourth-order valence-corrected chi connectivity index (χ4v) is 5.31. The Kier molecular flexibility index (Phi) is 3.62. The maximum absolute atomic E-state index is 13.4. The molecular weight excluding hydrogens is 380 g/mol. The highest BCUT2D eigenvalue weighted by Crippen LogP contribution is 2.50. The molecule has 0 bridgehead atoms. The van der Waals surface area contributed by atoms with Gasteiger partial charge in [0, 0.05) is 25.4 Å². The molecule has 3 saturated heterocycles. The summed E-state index contributed by atoms with van der Waals surface area (Å²) in [5.74, 6) is -0.0804. The van der Waals surface area contributed by atoms with Gasteiger partial charge in [-0.15, -0.1) is 0 Å². The van der Waals surface area contributed by atoms with Gasteiger partial charge in [-0.25, -0.2) is 4.98 Å². The zero-order valence-corrected chi connectivity index (χ0v) is 16.7. The predicted octanol–water partition coefficient (Wildman–Crippen LogP) is 2.56. The van der Waals surface area contributed by atoms with Crippen molar-refractivity contribution in [1.82, 2.24) is 19.2 Å². The molecule has 0 saturated carbocycles. The molecule has 3 atom stereocenters. The second-order valence-corrected chi connectivity index (χ2v) is 8.38. The lowest BCUT2D eigenvalue weighted by Gasteiger charge is -2.31. The highest BCUT2D eigenvalue weighted by atomic mass is 16.5. The lowest BCUT2D eigenvalue weighted by atomic mass is 10.1. The van der Waals surface area contributed by atoms with Gasteiger partial charge in [0.25, 0.3) is 5.91 Å². The Hall–Kier alpha value is -3.19. The summed E-state index contributed by atoms with van der Waals surface area (Å²) in [7, 11) is 0. The highest BCUT2D eigenvalue weighted by Gasteiger charge is 2.65. The lowest BCUT2D eigenvalue weighted by Crippen LogP contribution is -2.48. The number of carbonyl (C=O) groups is 2. The van der Waals surface area contributed by atoms with E-state index in [2.05, 4.69) is 4.98 Å². The molecule has 6 rings (SSSR count). The van der Waals surface area contributed by atoms with Gasteiger partial charge in [-0.2, -0.15) is 0 Å². The maximum atomic E-state index is 13.4. The number of ether oxygens (including phenoxy) is 1. The number of imidazole rings is 1. The van der Waals surface area contributed by atoms with Crippen LogP contribution < -0.4 is 0 Å². The summed E-state index contributed by atoms with van der Waals surface area (Å²) in [5, 5.41) is 0. The number of likely N-dealkylation sites (tertiary alicyclic amines) is 1. The summed E-state index contributed by atoms with van der Waals surface area (Å²) in [4.78, 5) is 34.4. The summed E-state index contributed by atoms with van der Waals surface area (Å²) >= 11 is 0. The first-order chi connectivity index (χ1) is 14.6. The molecule has 3 fully saturated rings. The number of amides is 2. The maximum Gasteiger partial charge on any atom is 0.274 e. The monoisotopic (exact) mass is 402 g/mol. The van der Waals surface area contributed by atoms with E-state index in [1.165, 1.54) is 0 Å². The first-order valence-electron chi connectivity index (χ1n) is 10.4. The van der Waals surface area contributed by atoms with Crippen LogP contribution in [0.2, 0.25) is 0 Å². The molecule has 30 heavy (non-hydrogen) atoms. The van der Waals surface area contributed by atoms with E-state index in [1.807, 2.05) is 64.9 Å². The number of hydrogen-bond donors (Lipinski definition) is 0. The zero-order valence-electron chi connectivity index (χ0n) is 16.7. The van der Waals surface area contributed by atoms with Gasteiger partial charge in [-0.05, 0) is 24.1 Å².